The van der Waals surface area contributed by atoms with Gasteiger partial charge in [-0.15, -0.1) is 0 Å². The lowest BCUT2D eigenvalue weighted by Gasteiger charge is -2.26. The second kappa shape index (κ2) is 5.29. The molecule has 1 aliphatic heterocycles. The lowest BCUT2D eigenvalue weighted by molar-refractivity contribution is 0.179. The zero-order valence-corrected chi connectivity index (χ0v) is 12.2. The van der Waals surface area contributed by atoms with Crippen LogP contribution in [-0.2, 0) is 24.3 Å². The normalized spacial score (nSPS) is 14.4. The SMILES string of the molecule is COCc1nsc(N2CCc3nc(C)[nH]c(=O)c3C2)n1. The first kappa shape index (κ1) is 13.2. The molecular formula is C12H15N5O2S. The van der Waals surface area contributed by atoms with Crippen molar-refractivity contribution >= 4 is 16.7 Å². The number of aryl methyl sites for hydroxylation is 1. The molecule has 0 aromatic carbocycles. The standard InChI is InChI=1S/C12H15N5O2S/c1-7-13-9-3-4-17(5-8(9)11(18)14-7)12-15-10(6-19-2)16-20-12/h3-6H2,1-2H3,(H,13,14,18). The van der Waals surface area contributed by atoms with Gasteiger partial charge in [0.2, 0.25) is 5.13 Å². The fourth-order valence-corrected chi connectivity index (χ4v) is 2.97. The number of fused-ring (bicyclic) bond motifs is 1. The molecule has 2 aromatic heterocycles. The number of nitrogens with zero attached hydrogens (tertiary/aromatic N) is 4. The summed E-state index contributed by atoms with van der Waals surface area (Å²) in [6.45, 7) is 3.53. The molecule has 8 heteroatoms. The molecule has 7 nitrogen and oxygen atoms in total. The van der Waals surface area contributed by atoms with E-state index in [1.165, 1.54) is 11.5 Å². The number of hydrogen-bond donors (Lipinski definition) is 1. The molecule has 20 heavy (non-hydrogen) atoms. The Morgan fingerprint density at radius 3 is 3.10 bits per heavy atom. The fourth-order valence-electron chi connectivity index (χ4n) is 2.27. The minimum Gasteiger partial charge on any atom is -0.377 e. The first-order valence-corrected chi connectivity index (χ1v) is 7.10. The Morgan fingerprint density at radius 1 is 1.45 bits per heavy atom. The highest BCUT2D eigenvalue weighted by molar-refractivity contribution is 7.09. The monoisotopic (exact) mass is 293 g/mol. The van der Waals surface area contributed by atoms with E-state index in [0.29, 0.717) is 24.8 Å². The van der Waals surface area contributed by atoms with Gasteiger partial charge in [-0.2, -0.15) is 4.37 Å². The summed E-state index contributed by atoms with van der Waals surface area (Å²) in [6.07, 6.45) is 0.749. The maximum Gasteiger partial charge on any atom is 0.256 e. The summed E-state index contributed by atoms with van der Waals surface area (Å²) in [5.41, 5.74) is 1.56. The van der Waals surface area contributed by atoms with Gasteiger partial charge in [-0.1, -0.05) is 0 Å². The third kappa shape index (κ3) is 2.44. The van der Waals surface area contributed by atoms with Crippen molar-refractivity contribution in [2.75, 3.05) is 18.6 Å². The lowest BCUT2D eigenvalue weighted by atomic mass is 10.1. The van der Waals surface area contributed by atoms with E-state index in [1.807, 2.05) is 0 Å². The van der Waals surface area contributed by atoms with E-state index >= 15 is 0 Å². The van der Waals surface area contributed by atoms with Gasteiger partial charge in [-0.3, -0.25) is 4.79 Å². The molecule has 0 aliphatic carbocycles. The van der Waals surface area contributed by atoms with Crippen LogP contribution in [0.5, 0.6) is 0 Å². The molecule has 0 bridgehead atoms. The average molecular weight is 293 g/mol. The molecule has 1 aliphatic rings. The van der Waals surface area contributed by atoms with Gasteiger partial charge in [-0.25, -0.2) is 9.97 Å². The first-order chi connectivity index (χ1) is 9.67. The highest BCUT2D eigenvalue weighted by Gasteiger charge is 2.23. The predicted octanol–water partition coefficient (Wildman–Crippen LogP) is 0.639. The Morgan fingerprint density at radius 2 is 2.30 bits per heavy atom. The van der Waals surface area contributed by atoms with Crippen molar-refractivity contribution in [3.05, 3.63) is 33.3 Å². The van der Waals surface area contributed by atoms with Crippen molar-refractivity contribution < 1.29 is 4.74 Å². The van der Waals surface area contributed by atoms with Gasteiger partial charge in [0, 0.05) is 31.6 Å². The molecule has 0 amide bonds. The Balaban J connectivity index is 1.86. The predicted molar refractivity (Wildman–Crippen MR) is 75.0 cm³/mol. The van der Waals surface area contributed by atoms with E-state index in [9.17, 15) is 4.79 Å². The number of ether oxygens (including phenoxy) is 1. The Kier molecular flexibility index (Phi) is 3.49. The highest BCUT2D eigenvalue weighted by Crippen LogP contribution is 2.23. The van der Waals surface area contributed by atoms with Gasteiger partial charge in [0.05, 0.1) is 17.8 Å². The number of aromatic amines is 1. The number of hydrogen-bond acceptors (Lipinski definition) is 7. The summed E-state index contributed by atoms with van der Waals surface area (Å²) >= 11 is 1.33. The molecule has 0 spiro atoms. The zero-order valence-electron chi connectivity index (χ0n) is 11.3. The van der Waals surface area contributed by atoms with E-state index in [1.54, 1.807) is 14.0 Å². The number of anilines is 1. The number of methoxy groups -OCH3 is 1. The van der Waals surface area contributed by atoms with Crippen LogP contribution in [0.3, 0.4) is 0 Å². The van der Waals surface area contributed by atoms with E-state index < -0.39 is 0 Å². The minimum atomic E-state index is -0.0566. The zero-order chi connectivity index (χ0) is 14.1. The lowest BCUT2D eigenvalue weighted by Crippen LogP contribution is -2.35. The molecule has 0 atom stereocenters. The van der Waals surface area contributed by atoms with Crippen molar-refractivity contribution in [3.63, 3.8) is 0 Å². The third-order valence-electron chi connectivity index (χ3n) is 3.19. The molecule has 2 aromatic rings. The molecule has 3 rings (SSSR count). The molecule has 0 fully saturated rings. The molecule has 0 saturated carbocycles. The van der Waals surface area contributed by atoms with Crippen LogP contribution in [0.1, 0.15) is 22.9 Å². The van der Waals surface area contributed by atoms with Crippen molar-refractivity contribution in [2.24, 2.45) is 0 Å². The second-order valence-electron chi connectivity index (χ2n) is 4.67. The first-order valence-electron chi connectivity index (χ1n) is 6.32. The van der Waals surface area contributed by atoms with Crippen LogP contribution in [-0.4, -0.2) is 33.0 Å². The van der Waals surface area contributed by atoms with Gasteiger partial charge < -0.3 is 14.6 Å². The Bertz CT molecular complexity index is 681. The molecule has 3 heterocycles. The van der Waals surface area contributed by atoms with Crippen LogP contribution in [0, 0.1) is 6.92 Å². The highest BCUT2D eigenvalue weighted by atomic mass is 32.1. The topological polar surface area (TPSA) is 84.0 Å². The summed E-state index contributed by atoms with van der Waals surface area (Å²) in [5, 5.41) is 0.822. The van der Waals surface area contributed by atoms with Gasteiger partial charge in [0.25, 0.3) is 5.56 Å². The van der Waals surface area contributed by atoms with Crippen LogP contribution < -0.4 is 10.5 Å². The maximum absolute atomic E-state index is 12.0. The summed E-state index contributed by atoms with van der Waals surface area (Å²) < 4.78 is 9.25. The van der Waals surface area contributed by atoms with E-state index in [0.717, 1.165) is 29.4 Å². The molecule has 0 unspecified atom stereocenters. The smallest absolute Gasteiger partial charge is 0.256 e. The van der Waals surface area contributed by atoms with Crippen molar-refractivity contribution in [1.82, 2.24) is 19.3 Å². The van der Waals surface area contributed by atoms with E-state index in [2.05, 4.69) is 24.2 Å². The second-order valence-corrected chi connectivity index (χ2v) is 5.40. The number of nitrogens with one attached hydrogen (secondary N) is 1. The van der Waals surface area contributed by atoms with Crippen molar-refractivity contribution in [1.29, 1.82) is 0 Å². The van der Waals surface area contributed by atoms with Crippen LogP contribution >= 0.6 is 11.5 Å². The van der Waals surface area contributed by atoms with Gasteiger partial charge >= 0.3 is 0 Å². The molecule has 1 N–H and O–H groups in total. The summed E-state index contributed by atoms with van der Waals surface area (Å²) in [6, 6.07) is 0. The summed E-state index contributed by atoms with van der Waals surface area (Å²) in [5.74, 6) is 1.34. The Labute approximate surface area is 119 Å². The van der Waals surface area contributed by atoms with Gasteiger partial charge in [0.1, 0.15) is 12.4 Å². The minimum absolute atomic E-state index is 0.0566. The molecule has 0 saturated heterocycles. The maximum atomic E-state index is 12.0. The number of rotatable bonds is 3. The molecule has 106 valence electrons. The van der Waals surface area contributed by atoms with E-state index in [4.69, 9.17) is 4.74 Å². The average Bonchev–Trinajstić information content (AvgIpc) is 2.87. The van der Waals surface area contributed by atoms with Crippen LogP contribution in [0.25, 0.3) is 0 Å². The summed E-state index contributed by atoms with van der Waals surface area (Å²) in [7, 11) is 1.62. The van der Waals surface area contributed by atoms with Crippen LogP contribution in [0.4, 0.5) is 5.13 Å². The van der Waals surface area contributed by atoms with E-state index in [-0.39, 0.29) is 5.56 Å². The van der Waals surface area contributed by atoms with Gasteiger partial charge in [0.15, 0.2) is 5.82 Å². The van der Waals surface area contributed by atoms with Crippen molar-refractivity contribution in [3.8, 4) is 0 Å². The van der Waals surface area contributed by atoms with Crippen LogP contribution in [0.2, 0.25) is 0 Å². The number of aromatic nitrogens is 4. The molecule has 0 radical (unpaired) electrons. The largest absolute Gasteiger partial charge is 0.377 e. The fraction of sp³-hybridized carbons (Fsp3) is 0.500. The van der Waals surface area contributed by atoms with Crippen molar-refractivity contribution in [2.45, 2.75) is 26.5 Å². The summed E-state index contributed by atoms with van der Waals surface area (Å²) in [4.78, 5) is 25.6. The van der Waals surface area contributed by atoms with Crippen LogP contribution in [0.15, 0.2) is 4.79 Å². The third-order valence-corrected chi connectivity index (χ3v) is 4.00. The Hall–Kier alpha value is -1.80. The molecular weight excluding hydrogens is 278 g/mol. The number of H-pyrrole nitrogens is 1. The van der Waals surface area contributed by atoms with Gasteiger partial charge in [-0.05, 0) is 6.92 Å². The quantitative estimate of drug-likeness (QED) is 0.894.